The SMILES string of the molecule is CCC(C)N(CC)C(CN)c1cccc(C(F)F)c1. The van der Waals surface area contributed by atoms with Crippen molar-refractivity contribution >= 4 is 0 Å². The molecule has 2 nitrogen and oxygen atoms in total. The molecule has 1 rings (SSSR count). The molecule has 0 spiro atoms. The minimum Gasteiger partial charge on any atom is -0.329 e. The summed E-state index contributed by atoms with van der Waals surface area (Å²) in [7, 11) is 0. The van der Waals surface area contributed by atoms with E-state index in [-0.39, 0.29) is 11.6 Å². The molecule has 19 heavy (non-hydrogen) atoms. The standard InChI is InChI=1S/C15H24F2N2/c1-4-11(3)19(5-2)14(10-18)12-7-6-8-13(9-12)15(16)17/h6-9,11,14-15H,4-5,10,18H2,1-3H3. The van der Waals surface area contributed by atoms with E-state index in [0.29, 0.717) is 12.6 Å². The van der Waals surface area contributed by atoms with Crippen LogP contribution in [0.5, 0.6) is 0 Å². The lowest BCUT2D eigenvalue weighted by molar-refractivity contribution is 0.146. The van der Waals surface area contributed by atoms with E-state index in [1.54, 1.807) is 12.1 Å². The number of benzene rings is 1. The number of alkyl halides is 2. The largest absolute Gasteiger partial charge is 0.329 e. The van der Waals surface area contributed by atoms with Gasteiger partial charge in [0.05, 0.1) is 0 Å². The van der Waals surface area contributed by atoms with E-state index in [0.717, 1.165) is 18.5 Å². The van der Waals surface area contributed by atoms with E-state index in [9.17, 15) is 8.78 Å². The van der Waals surface area contributed by atoms with E-state index >= 15 is 0 Å². The lowest BCUT2D eigenvalue weighted by atomic mass is 10.0. The topological polar surface area (TPSA) is 29.3 Å². The van der Waals surface area contributed by atoms with Crippen LogP contribution in [0.25, 0.3) is 0 Å². The molecule has 1 aromatic rings. The van der Waals surface area contributed by atoms with Crippen LogP contribution in [0.4, 0.5) is 8.78 Å². The first-order chi connectivity index (χ1) is 9.04. The monoisotopic (exact) mass is 270 g/mol. The number of hydrogen-bond donors (Lipinski definition) is 1. The second-order valence-corrected chi connectivity index (χ2v) is 4.81. The Bertz CT molecular complexity index is 382. The fourth-order valence-corrected chi connectivity index (χ4v) is 2.44. The Hall–Kier alpha value is -1.00. The van der Waals surface area contributed by atoms with Crippen molar-refractivity contribution in [3.05, 3.63) is 35.4 Å². The van der Waals surface area contributed by atoms with Gasteiger partial charge < -0.3 is 5.73 Å². The third-order valence-corrected chi connectivity index (χ3v) is 3.69. The maximum absolute atomic E-state index is 12.8. The van der Waals surface area contributed by atoms with Gasteiger partial charge in [0.1, 0.15) is 0 Å². The van der Waals surface area contributed by atoms with Crippen LogP contribution in [-0.2, 0) is 0 Å². The lowest BCUT2D eigenvalue weighted by Crippen LogP contribution is -2.39. The molecule has 0 amide bonds. The normalized spacial score (nSPS) is 14.9. The number of nitrogens with zero attached hydrogens (tertiary/aromatic N) is 1. The maximum atomic E-state index is 12.8. The fraction of sp³-hybridized carbons (Fsp3) is 0.600. The Morgan fingerprint density at radius 3 is 2.32 bits per heavy atom. The molecule has 1 aromatic carbocycles. The summed E-state index contributed by atoms with van der Waals surface area (Å²) in [5, 5.41) is 0. The van der Waals surface area contributed by atoms with Crippen LogP contribution in [0, 0.1) is 0 Å². The predicted octanol–water partition coefficient (Wildman–Crippen LogP) is 3.74. The molecule has 0 aliphatic heterocycles. The summed E-state index contributed by atoms with van der Waals surface area (Å²) in [5.74, 6) is 0. The number of rotatable bonds is 7. The van der Waals surface area contributed by atoms with Crippen LogP contribution >= 0.6 is 0 Å². The number of halogens is 2. The molecule has 0 fully saturated rings. The second kappa shape index (κ2) is 7.56. The average molecular weight is 270 g/mol. The highest BCUT2D eigenvalue weighted by Gasteiger charge is 2.22. The zero-order chi connectivity index (χ0) is 14.4. The maximum Gasteiger partial charge on any atom is 0.263 e. The van der Waals surface area contributed by atoms with Gasteiger partial charge in [0.15, 0.2) is 0 Å². The van der Waals surface area contributed by atoms with E-state index in [1.165, 1.54) is 6.07 Å². The summed E-state index contributed by atoms with van der Waals surface area (Å²) in [4.78, 5) is 2.27. The van der Waals surface area contributed by atoms with Crippen LogP contribution in [0.3, 0.4) is 0 Å². The molecule has 108 valence electrons. The molecule has 0 aliphatic rings. The molecule has 0 saturated heterocycles. The van der Waals surface area contributed by atoms with Crippen molar-refractivity contribution in [2.45, 2.75) is 45.7 Å². The van der Waals surface area contributed by atoms with Crippen molar-refractivity contribution in [1.29, 1.82) is 0 Å². The van der Waals surface area contributed by atoms with Crippen molar-refractivity contribution in [2.75, 3.05) is 13.1 Å². The van der Waals surface area contributed by atoms with Crippen molar-refractivity contribution in [1.82, 2.24) is 4.90 Å². The minimum absolute atomic E-state index is 0.00125. The van der Waals surface area contributed by atoms with Crippen molar-refractivity contribution in [3.63, 3.8) is 0 Å². The summed E-state index contributed by atoms with van der Waals surface area (Å²) in [6.07, 6.45) is -1.42. The van der Waals surface area contributed by atoms with Crippen molar-refractivity contribution < 1.29 is 8.78 Å². The van der Waals surface area contributed by atoms with E-state index in [4.69, 9.17) is 5.73 Å². The molecule has 0 aliphatic carbocycles. The van der Waals surface area contributed by atoms with Crippen LogP contribution in [0.2, 0.25) is 0 Å². The molecular formula is C15H24F2N2. The van der Waals surface area contributed by atoms with Crippen LogP contribution in [0.1, 0.15) is 50.8 Å². The molecule has 4 heteroatoms. The van der Waals surface area contributed by atoms with Gasteiger partial charge in [-0.05, 0) is 31.5 Å². The molecule has 2 unspecified atom stereocenters. The van der Waals surface area contributed by atoms with Gasteiger partial charge in [-0.3, -0.25) is 4.90 Å². The summed E-state index contributed by atoms with van der Waals surface area (Å²) in [6, 6.07) is 6.99. The Morgan fingerprint density at radius 2 is 1.84 bits per heavy atom. The first-order valence-electron chi connectivity index (χ1n) is 6.88. The zero-order valence-corrected chi connectivity index (χ0v) is 11.9. The van der Waals surface area contributed by atoms with Gasteiger partial charge in [-0.1, -0.05) is 32.0 Å². The second-order valence-electron chi connectivity index (χ2n) is 4.81. The zero-order valence-electron chi connectivity index (χ0n) is 11.9. The number of hydrogen-bond acceptors (Lipinski definition) is 2. The highest BCUT2D eigenvalue weighted by atomic mass is 19.3. The molecular weight excluding hydrogens is 246 g/mol. The van der Waals surface area contributed by atoms with Gasteiger partial charge in [0.25, 0.3) is 6.43 Å². The molecule has 0 aromatic heterocycles. The molecule has 0 saturated carbocycles. The Kier molecular flexibility index (Phi) is 6.38. The highest BCUT2D eigenvalue weighted by Crippen LogP contribution is 2.27. The van der Waals surface area contributed by atoms with E-state index in [1.807, 2.05) is 6.07 Å². The fourth-order valence-electron chi connectivity index (χ4n) is 2.44. The van der Waals surface area contributed by atoms with Crippen LogP contribution < -0.4 is 5.73 Å². The molecule has 0 bridgehead atoms. The summed E-state index contributed by atoms with van der Waals surface area (Å²) in [5.41, 5.74) is 6.81. The Morgan fingerprint density at radius 1 is 1.21 bits per heavy atom. The highest BCUT2D eigenvalue weighted by molar-refractivity contribution is 5.27. The predicted molar refractivity (Wildman–Crippen MR) is 75.3 cm³/mol. The minimum atomic E-state index is -2.43. The molecule has 2 N–H and O–H groups in total. The van der Waals surface area contributed by atoms with Gasteiger partial charge in [0.2, 0.25) is 0 Å². The summed E-state index contributed by atoms with van der Waals surface area (Å²) in [6.45, 7) is 7.63. The van der Waals surface area contributed by atoms with Crippen molar-refractivity contribution in [3.8, 4) is 0 Å². The Balaban J connectivity index is 3.04. The van der Waals surface area contributed by atoms with E-state index in [2.05, 4.69) is 25.7 Å². The number of nitrogens with two attached hydrogens (primary N) is 1. The molecule has 0 heterocycles. The lowest BCUT2D eigenvalue weighted by Gasteiger charge is -2.35. The summed E-state index contributed by atoms with van der Waals surface area (Å²) >= 11 is 0. The van der Waals surface area contributed by atoms with Gasteiger partial charge in [-0.15, -0.1) is 0 Å². The molecule has 2 atom stereocenters. The van der Waals surface area contributed by atoms with E-state index < -0.39 is 6.43 Å². The quantitative estimate of drug-likeness (QED) is 0.817. The first kappa shape index (κ1) is 16.1. The van der Waals surface area contributed by atoms with Gasteiger partial charge in [0, 0.05) is 24.2 Å². The molecule has 0 radical (unpaired) electrons. The summed E-state index contributed by atoms with van der Waals surface area (Å²) < 4.78 is 25.6. The smallest absolute Gasteiger partial charge is 0.263 e. The van der Waals surface area contributed by atoms with Gasteiger partial charge >= 0.3 is 0 Å². The third kappa shape index (κ3) is 3.98. The van der Waals surface area contributed by atoms with Crippen LogP contribution in [0.15, 0.2) is 24.3 Å². The first-order valence-corrected chi connectivity index (χ1v) is 6.88. The van der Waals surface area contributed by atoms with Gasteiger partial charge in [-0.25, -0.2) is 8.78 Å². The van der Waals surface area contributed by atoms with Crippen LogP contribution in [-0.4, -0.2) is 24.0 Å². The average Bonchev–Trinajstić information content (AvgIpc) is 2.43. The Labute approximate surface area is 114 Å². The number of likely N-dealkylation sites (N-methyl/N-ethyl adjacent to an activating group) is 1. The van der Waals surface area contributed by atoms with Gasteiger partial charge in [-0.2, -0.15) is 0 Å². The van der Waals surface area contributed by atoms with Crippen molar-refractivity contribution in [2.24, 2.45) is 5.73 Å². The third-order valence-electron chi connectivity index (χ3n) is 3.69.